The Labute approximate surface area is 173 Å². The summed E-state index contributed by atoms with van der Waals surface area (Å²) in [5, 5.41) is 19.4. The number of anilines is 1. The molecule has 3 rings (SSSR count). The third kappa shape index (κ3) is 4.17. The number of sulfonamides is 1. The number of primary sulfonamides is 1. The molecule has 2 aromatic carbocycles. The molecule has 0 bridgehead atoms. The minimum absolute atomic E-state index is 0.0648. The predicted molar refractivity (Wildman–Crippen MR) is 110 cm³/mol. The van der Waals surface area contributed by atoms with Gasteiger partial charge in [0.2, 0.25) is 10.0 Å². The van der Waals surface area contributed by atoms with Gasteiger partial charge in [-0.3, -0.25) is 4.79 Å². The second-order valence-electron chi connectivity index (χ2n) is 6.22. The molecular formula is C20H18N4O5S. The van der Waals surface area contributed by atoms with E-state index in [-0.39, 0.29) is 11.5 Å². The lowest BCUT2D eigenvalue weighted by atomic mass is 10.1. The average molecular weight is 426 g/mol. The van der Waals surface area contributed by atoms with Crippen LogP contribution in [0.4, 0.5) is 5.69 Å². The zero-order valence-corrected chi connectivity index (χ0v) is 17.0. The van der Waals surface area contributed by atoms with Crippen molar-refractivity contribution in [1.29, 1.82) is 5.26 Å². The highest BCUT2D eigenvalue weighted by atomic mass is 32.2. The highest BCUT2D eigenvalue weighted by molar-refractivity contribution is 7.89. The summed E-state index contributed by atoms with van der Waals surface area (Å²) >= 11 is 0. The quantitative estimate of drug-likeness (QED) is 0.702. The van der Waals surface area contributed by atoms with Crippen LogP contribution in [0.15, 0.2) is 58.0 Å². The number of hydrazone groups is 1. The van der Waals surface area contributed by atoms with Crippen LogP contribution in [0.3, 0.4) is 0 Å². The Morgan fingerprint density at radius 3 is 2.53 bits per heavy atom. The Kier molecular flexibility index (Phi) is 5.86. The normalized spacial score (nSPS) is 15.1. The summed E-state index contributed by atoms with van der Waals surface area (Å²) in [6.07, 6.45) is 1.61. The van der Waals surface area contributed by atoms with Crippen molar-refractivity contribution < 1.29 is 22.7 Å². The van der Waals surface area contributed by atoms with Crippen LogP contribution in [-0.2, 0) is 14.8 Å². The smallest absolute Gasteiger partial charge is 0.280 e. The van der Waals surface area contributed by atoms with Gasteiger partial charge >= 0.3 is 0 Å². The molecule has 154 valence electrons. The topological polar surface area (TPSA) is 135 Å². The second-order valence-corrected chi connectivity index (χ2v) is 7.79. The molecule has 0 aliphatic carbocycles. The van der Waals surface area contributed by atoms with Crippen LogP contribution >= 0.6 is 0 Å². The Hall–Kier alpha value is -3.68. The number of amides is 1. The minimum atomic E-state index is -3.84. The summed E-state index contributed by atoms with van der Waals surface area (Å²) in [5.74, 6) is 0.366. The van der Waals surface area contributed by atoms with Gasteiger partial charge < -0.3 is 9.47 Å². The highest BCUT2D eigenvalue weighted by Crippen LogP contribution is 2.34. The number of nitriles is 1. The van der Waals surface area contributed by atoms with Gasteiger partial charge in [0.15, 0.2) is 18.1 Å². The van der Waals surface area contributed by atoms with Crippen molar-refractivity contribution in [2.24, 2.45) is 10.2 Å². The summed E-state index contributed by atoms with van der Waals surface area (Å²) in [6.45, 7) is 1.50. The van der Waals surface area contributed by atoms with Gasteiger partial charge in [0.25, 0.3) is 5.91 Å². The van der Waals surface area contributed by atoms with Gasteiger partial charge in [-0.1, -0.05) is 12.1 Å². The van der Waals surface area contributed by atoms with Crippen LogP contribution in [0, 0.1) is 11.3 Å². The number of nitrogens with zero attached hydrogens (tertiary/aromatic N) is 3. The van der Waals surface area contributed by atoms with E-state index in [0.717, 1.165) is 0 Å². The molecule has 0 atom stereocenters. The summed E-state index contributed by atoms with van der Waals surface area (Å²) in [5.41, 5.74) is 1.72. The maximum Gasteiger partial charge on any atom is 0.280 e. The number of benzene rings is 2. The van der Waals surface area contributed by atoms with Gasteiger partial charge in [-0.2, -0.15) is 15.4 Å². The van der Waals surface area contributed by atoms with E-state index in [2.05, 4.69) is 5.10 Å². The molecule has 0 aromatic heterocycles. The molecular weight excluding hydrogens is 408 g/mol. The van der Waals surface area contributed by atoms with Crippen LogP contribution in [0.25, 0.3) is 6.08 Å². The molecule has 2 aromatic rings. The van der Waals surface area contributed by atoms with Crippen molar-refractivity contribution in [2.45, 2.75) is 11.8 Å². The average Bonchev–Trinajstić information content (AvgIpc) is 3.00. The number of carbonyl (C=O) groups is 1. The van der Waals surface area contributed by atoms with Gasteiger partial charge in [0.1, 0.15) is 6.07 Å². The van der Waals surface area contributed by atoms with Gasteiger partial charge in [0.05, 0.1) is 29.0 Å². The van der Waals surface area contributed by atoms with Crippen LogP contribution in [0.1, 0.15) is 12.5 Å². The zero-order valence-electron chi connectivity index (χ0n) is 16.2. The molecule has 30 heavy (non-hydrogen) atoms. The second kappa shape index (κ2) is 8.36. The zero-order chi connectivity index (χ0) is 21.9. The molecule has 0 saturated heterocycles. The molecule has 9 nitrogen and oxygen atoms in total. The SMILES string of the molecule is COc1cccc(/C=C2\C(=O)N(c3ccc(S(N)(=O)=O)cc3)N=C2C)c1OCC#N. The lowest BCUT2D eigenvalue weighted by molar-refractivity contribution is -0.114. The van der Waals surface area contributed by atoms with E-state index in [1.807, 2.05) is 6.07 Å². The number of hydrogen-bond acceptors (Lipinski definition) is 7. The Morgan fingerprint density at radius 2 is 1.93 bits per heavy atom. The molecule has 1 heterocycles. The third-order valence-electron chi connectivity index (χ3n) is 4.28. The molecule has 0 fully saturated rings. The van der Waals surface area contributed by atoms with E-state index in [0.29, 0.717) is 34.0 Å². The van der Waals surface area contributed by atoms with Gasteiger partial charge in [-0.05, 0) is 43.3 Å². The van der Waals surface area contributed by atoms with Gasteiger partial charge in [-0.25, -0.2) is 13.6 Å². The predicted octanol–water partition coefficient (Wildman–Crippen LogP) is 2.05. The lowest BCUT2D eigenvalue weighted by Gasteiger charge is -2.13. The van der Waals surface area contributed by atoms with Crippen molar-refractivity contribution >= 4 is 33.4 Å². The number of hydrogen-bond donors (Lipinski definition) is 1. The summed E-state index contributed by atoms with van der Waals surface area (Å²) in [6, 6.07) is 12.6. The van der Waals surface area contributed by atoms with Crippen LogP contribution < -0.4 is 19.6 Å². The number of ether oxygens (including phenoxy) is 2. The summed E-state index contributed by atoms with van der Waals surface area (Å²) in [4.78, 5) is 12.9. The summed E-state index contributed by atoms with van der Waals surface area (Å²) in [7, 11) is -2.36. The first-order valence-corrected chi connectivity index (χ1v) is 10.2. The van der Waals surface area contributed by atoms with Crippen LogP contribution in [0.2, 0.25) is 0 Å². The highest BCUT2D eigenvalue weighted by Gasteiger charge is 2.29. The fourth-order valence-corrected chi connectivity index (χ4v) is 3.37. The van der Waals surface area contributed by atoms with Crippen molar-refractivity contribution in [3.8, 4) is 17.6 Å². The number of methoxy groups -OCH3 is 1. The first kappa shape index (κ1) is 21.0. The van der Waals surface area contributed by atoms with E-state index in [4.69, 9.17) is 19.9 Å². The first-order valence-electron chi connectivity index (χ1n) is 8.67. The van der Waals surface area contributed by atoms with Crippen molar-refractivity contribution in [2.75, 3.05) is 18.7 Å². The largest absolute Gasteiger partial charge is 0.493 e. The first-order chi connectivity index (χ1) is 14.3. The number of nitrogens with two attached hydrogens (primary N) is 1. The number of carbonyl (C=O) groups excluding carboxylic acids is 1. The lowest BCUT2D eigenvalue weighted by Crippen LogP contribution is -2.21. The van der Waals surface area contributed by atoms with E-state index < -0.39 is 15.9 Å². The molecule has 10 heteroatoms. The van der Waals surface area contributed by atoms with E-state index in [9.17, 15) is 13.2 Å². The van der Waals surface area contributed by atoms with Gasteiger partial charge in [0, 0.05) is 5.56 Å². The van der Waals surface area contributed by atoms with E-state index in [1.165, 1.54) is 36.4 Å². The van der Waals surface area contributed by atoms with Crippen molar-refractivity contribution in [3.63, 3.8) is 0 Å². The fraction of sp³-hybridized carbons (Fsp3) is 0.150. The van der Waals surface area contributed by atoms with Gasteiger partial charge in [-0.15, -0.1) is 0 Å². The molecule has 0 spiro atoms. The van der Waals surface area contributed by atoms with Crippen LogP contribution in [0.5, 0.6) is 11.5 Å². The maximum atomic E-state index is 13.0. The molecule has 0 saturated carbocycles. The van der Waals surface area contributed by atoms with Crippen molar-refractivity contribution in [1.82, 2.24) is 0 Å². The number of rotatable bonds is 6. The molecule has 1 aliphatic rings. The minimum Gasteiger partial charge on any atom is -0.493 e. The van der Waals surface area contributed by atoms with E-state index in [1.54, 1.807) is 31.2 Å². The number of para-hydroxylation sites is 1. The molecule has 1 aliphatic heterocycles. The van der Waals surface area contributed by atoms with Crippen LogP contribution in [-0.4, -0.2) is 33.8 Å². The fourth-order valence-electron chi connectivity index (χ4n) is 2.86. The Bertz CT molecular complexity index is 1190. The standard InChI is InChI=1S/C20H18N4O5S/c1-13-17(12-14-4-3-5-18(28-2)19(14)29-11-10-21)20(25)24(23-13)15-6-8-16(9-7-15)30(22,26)27/h3-9,12H,11H2,1-2H3,(H2,22,26,27)/b17-12-. The van der Waals surface area contributed by atoms with Crippen molar-refractivity contribution in [3.05, 3.63) is 53.6 Å². The monoisotopic (exact) mass is 426 g/mol. The molecule has 2 N–H and O–H groups in total. The molecule has 1 amide bonds. The third-order valence-corrected chi connectivity index (χ3v) is 5.21. The summed E-state index contributed by atoms with van der Waals surface area (Å²) < 4.78 is 33.6. The molecule has 0 radical (unpaired) electrons. The van der Waals surface area contributed by atoms with E-state index >= 15 is 0 Å². The maximum absolute atomic E-state index is 13.0. The molecule has 0 unspecified atom stereocenters. The Balaban J connectivity index is 1.97. The Morgan fingerprint density at radius 1 is 1.23 bits per heavy atom.